The van der Waals surface area contributed by atoms with Gasteiger partial charge in [0.2, 0.25) is 10.0 Å². The van der Waals surface area contributed by atoms with Crippen LogP contribution in [0.1, 0.15) is 11.3 Å². The Morgan fingerprint density at radius 2 is 1.69 bits per heavy atom. The van der Waals surface area contributed by atoms with Crippen molar-refractivity contribution in [3.63, 3.8) is 0 Å². The van der Waals surface area contributed by atoms with Crippen LogP contribution in [0.5, 0.6) is 0 Å². The lowest BCUT2D eigenvalue weighted by Gasteiger charge is -2.08. The lowest BCUT2D eigenvalue weighted by Crippen LogP contribution is -2.16. The molecule has 0 bridgehead atoms. The van der Waals surface area contributed by atoms with E-state index in [2.05, 4.69) is 5.16 Å². The van der Waals surface area contributed by atoms with E-state index in [-0.39, 0.29) is 22.6 Å². The summed E-state index contributed by atoms with van der Waals surface area (Å²) in [6, 6.07) is 8.74. The predicted octanol–water partition coefficient (Wildman–Crippen LogP) is 2.73. The third-order valence-corrected chi connectivity index (χ3v) is 4.76. The highest BCUT2D eigenvalue weighted by Gasteiger charge is 2.25. The van der Waals surface area contributed by atoms with Crippen LogP contribution < -0.4 is 5.14 Å². The zero-order chi connectivity index (χ0) is 19.1. The molecule has 0 unspecified atom stereocenters. The van der Waals surface area contributed by atoms with Crippen LogP contribution in [0, 0.1) is 18.6 Å². The number of aliphatic hydroxyl groups excluding tert-OH is 1. The van der Waals surface area contributed by atoms with E-state index in [1.807, 2.05) is 19.1 Å². The summed E-state index contributed by atoms with van der Waals surface area (Å²) in [5.41, 5.74) is 1.99. The Bertz CT molecular complexity index is 1050. The molecule has 0 aliphatic carbocycles. The van der Waals surface area contributed by atoms with Gasteiger partial charge in [-0.05, 0) is 24.6 Å². The van der Waals surface area contributed by atoms with Gasteiger partial charge < -0.3 is 9.63 Å². The van der Waals surface area contributed by atoms with Crippen LogP contribution >= 0.6 is 0 Å². The molecule has 0 radical (unpaired) electrons. The first kappa shape index (κ1) is 18.2. The van der Waals surface area contributed by atoms with Crippen molar-refractivity contribution in [1.82, 2.24) is 5.16 Å². The van der Waals surface area contributed by atoms with Crippen LogP contribution in [-0.2, 0) is 16.6 Å². The average molecular weight is 380 g/mol. The van der Waals surface area contributed by atoms with Crippen LogP contribution in [0.3, 0.4) is 0 Å². The molecule has 0 amide bonds. The highest BCUT2D eigenvalue weighted by molar-refractivity contribution is 7.89. The first-order chi connectivity index (χ1) is 12.2. The Hall–Kier alpha value is -2.62. The second-order valence-corrected chi connectivity index (χ2v) is 7.17. The first-order valence-electron chi connectivity index (χ1n) is 7.41. The third-order valence-electron chi connectivity index (χ3n) is 3.80. The SMILES string of the molecule is Cc1ccc(-c2noc(CO)c2-c2cc(F)c(S(N)(=O)=O)c(F)c2)cc1. The highest BCUT2D eigenvalue weighted by Crippen LogP contribution is 2.36. The molecule has 0 aliphatic rings. The van der Waals surface area contributed by atoms with Crippen molar-refractivity contribution in [2.75, 3.05) is 0 Å². The number of sulfonamides is 1. The summed E-state index contributed by atoms with van der Waals surface area (Å²) in [7, 11) is -4.57. The van der Waals surface area contributed by atoms with E-state index in [9.17, 15) is 22.3 Å². The van der Waals surface area contributed by atoms with Gasteiger partial charge in [0.25, 0.3) is 0 Å². The summed E-state index contributed by atoms with van der Waals surface area (Å²) < 4.78 is 56.2. The van der Waals surface area contributed by atoms with Crippen molar-refractivity contribution in [3.8, 4) is 22.4 Å². The van der Waals surface area contributed by atoms with Crippen LogP contribution in [0.4, 0.5) is 8.78 Å². The normalized spacial score (nSPS) is 11.7. The van der Waals surface area contributed by atoms with E-state index < -0.39 is 33.2 Å². The van der Waals surface area contributed by atoms with Crippen molar-refractivity contribution >= 4 is 10.0 Å². The number of benzene rings is 2. The van der Waals surface area contributed by atoms with Gasteiger partial charge in [-0.2, -0.15) is 0 Å². The molecule has 0 saturated carbocycles. The van der Waals surface area contributed by atoms with Crippen LogP contribution in [0.25, 0.3) is 22.4 Å². The number of aromatic nitrogens is 1. The van der Waals surface area contributed by atoms with Crippen molar-refractivity contribution < 1.29 is 26.8 Å². The molecular weight excluding hydrogens is 366 g/mol. The molecule has 3 rings (SSSR count). The topological polar surface area (TPSA) is 106 Å². The highest BCUT2D eigenvalue weighted by atomic mass is 32.2. The number of rotatable bonds is 4. The predicted molar refractivity (Wildman–Crippen MR) is 89.3 cm³/mol. The Morgan fingerprint density at radius 3 is 2.19 bits per heavy atom. The summed E-state index contributed by atoms with van der Waals surface area (Å²) in [4.78, 5) is -1.22. The number of aryl methyl sites for hydroxylation is 1. The van der Waals surface area contributed by atoms with Gasteiger partial charge in [0, 0.05) is 5.56 Å². The van der Waals surface area contributed by atoms with Crippen LogP contribution in [0.15, 0.2) is 45.8 Å². The molecule has 3 N–H and O–H groups in total. The van der Waals surface area contributed by atoms with E-state index in [4.69, 9.17) is 9.66 Å². The van der Waals surface area contributed by atoms with Gasteiger partial charge in [0.15, 0.2) is 10.7 Å². The summed E-state index contributed by atoms with van der Waals surface area (Å²) >= 11 is 0. The molecular formula is C17H14F2N2O4S. The van der Waals surface area contributed by atoms with E-state index in [1.165, 1.54) is 0 Å². The monoisotopic (exact) mass is 380 g/mol. The fourth-order valence-electron chi connectivity index (χ4n) is 2.61. The summed E-state index contributed by atoms with van der Waals surface area (Å²) in [5, 5.41) is 18.2. The van der Waals surface area contributed by atoms with Crippen LogP contribution in [0.2, 0.25) is 0 Å². The molecule has 3 aromatic rings. The van der Waals surface area contributed by atoms with Gasteiger partial charge in [0.05, 0.1) is 5.56 Å². The molecule has 0 fully saturated rings. The summed E-state index contributed by atoms with van der Waals surface area (Å²) in [6.07, 6.45) is 0. The lowest BCUT2D eigenvalue weighted by molar-refractivity contribution is 0.230. The molecule has 0 aliphatic heterocycles. The third kappa shape index (κ3) is 3.24. The fraction of sp³-hybridized carbons (Fsp3) is 0.118. The maximum absolute atomic E-state index is 14.2. The van der Waals surface area contributed by atoms with E-state index in [0.717, 1.165) is 17.7 Å². The molecule has 6 nitrogen and oxygen atoms in total. The molecule has 1 heterocycles. The number of halogens is 2. The van der Waals surface area contributed by atoms with Crippen molar-refractivity contribution in [1.29, 1.82) is 0 Å². The maximum Gasteiger partial charge on any atom is 0.243 e. The molecule has 26 heavy (non-hydrogen) atoms. The minimum atomic E-state index is -4.57. The molecule has 9 heteroatoms. The second kappa shape index (κ2) is 6.60. The van der Waals surface area contributed by atoms with Crippen molar-refractivity contribution in [2.45, 2.75) is 18.4 Å². The van der Waals surface area contributed by atoms with Gasteiger partial charge in [-0.25, -0.2) is 22.3 Å². The number of primary sulfonamides is 1. The molecule has 1 aromatic heterocycles. The minimum absolute atomic E-state index is 0.0114. The van der Waals surface area contributed by atoms with Gasteiger partial charge >= 0.3 is 0 Å². The van der Waals surface area contributed by atoms with Gasteiger partial charge in [-0.3, -0.25) is 0 Å². The first-order valence-corrected chi connectivity index (χ1v) is 8.95. The Kier molecular flexibility index (Phi) is 4.61. The van der Waals surface area contributed by atoms with E-state index >= 15 is 0 Å². The zero-order valence-corrected chi connectivity index (χ0v) is 14.3. The minimum Gasteiger partial charge on any atom is -0.388 e. The maximum atomic E-state index is 14.2. The number of hydrogen-bond donors (Lipinski definition) is 2. The number of nitrogens with two attached hydrogens (primary N) is 1. The van der Waals surface area contributed by atoms with Gasteiger partial charge in [-0.1, -0.05) is 35.0 Å². The number of aliphatic hydroxyl groups is 1. The average Bonchev–Trinajstić information content (AvgIpc) is 2.97. The summed E-state index contributed by atoms with van der Waals surface area (Å²) in [6.45, 7) is 1.33. The molecule has 0 spiro atoms. The molecule has 2 aromatic carbocycles. The van der Waals surface area contributed by atoms with Crippen molar-refractivity contribution in [2.24, 2.45) is 5.14 Å². The van der Waals surface area contributed by atoms with E-state index in [1.54, 1.807) is 12.1 Å². The Morgan fingerprint density at radius 1 is 1.12 bits per heavy atom. The number of hydrogen-bond acceptors (Lipinski definition) is 5. The second-order valence-electron chi connectivity index (χ2n) is 5.67. The van der Waals surface area contributed by atoms with Gasteiger partial charge in [0.1, 0.15) is 23.9 Å². The summed E-state index contributed by atoms with van der Waals surface area (Å²) in [5.74, 6) is -2.70. The Balaban J connectivity index is 2.24. The van der Waals surface area contributed by atoms with Crippen molar-refractivity contribution in [3.05, 3.63) is 59.4 Å². The lowest BCUT2D eigenvalue weighted by atomic mass is 9.98. The number of nitrogens with zero attached hydrogens (tertiary/aromatic N) is 1. The van der Waals surface area contributed by atoms with E-state index in [0.29, 0.717) is 5.56 Å². The van der Waals surface area contributed by atoms with Gasteiger partial charge in [-0.15, -0.1) is 0 Å². The smallest absolute Gasteiger partial charge is 0.243 e. The standard InChI is InChI=1S/C17H14F2N2O4S/c1-9-2-4-10(5-3-9)16-15(14(8-22)25-21-16)11-6-12(18)17(13(19)7-11)26(20,23)24/h2-7,22H,8H2,1H3,(H2,20,23,24). The zero-order valence-electron chi connectivity index (χ0n) is 13.5. The molecule has 136 valence electrons. The molecule has 0 saturated heterocycles. The Labute approximate surface area is 147 Å². The molecule has 0 atom stereocenters. The van der Waals surface area contributed by atoms with Crippen LogP contribution in [-0.4, -0.2) is 18.7 Å². The fourth-order valence-corrected chi connectivity index (χ4v) is 3.28. The largest absolute Gasteiger partial charge is 0.388 e. The quantitative estimate of drug-likeness (QED) is 0.724.